The first-order valence-electron chi connectivity index (χ1n) is 8.89. The van der Waals surface area contributed by atoms with E-state index in [1.54, 1.807) is 0 Å². The minimum Gasteiger partial charge on any atom is -0.381 e. The van der Waals surface area contributed by atoms with Crippen molar-refractivity contribution in [2.45, 2.75) is 38.3 Å². The number of carbonyl (C=O) groups excluding carboxylic acids is 1. The summed E-state index contributed by atoms with van der Waals surface area (Å²) in [4.78, 5) is 14.5. The molecule has 0 aliphatic carbocycles. The molecule has 1 amide bonds. The second-order valence-corrected chi connectivity index (χ2v) is 6.80. The second-order valence-electron chi connectivity index (χ2n) is 6.80. The van der Waals surface area contributed by atoms with Crippen molar-refractivity contribution in [3.63, 3.8) is 0 Å². The molecule has 7 heteroatoms. The number of likely N-dealkylation sites (N-methyl/N-ethyl adjacent to an activating group) is 1. The smallest absolute Gasteiger partial charge is 0.237 e. The van der Waals surface area contributed by atoms with Crippen LogP contribution in [-0.2, 0) is 16.0 Å². The van der Waals surface area contributed by atoms with E-state index in [1.165, 1.54) is 11.1 Å². The minimum absolute atomic E-state index is 0. The highest BCUT2D eigenvalue weighted by Crippen LogP contribution is 2.20. The molecule has 2 unspecified atom stereocenters. The Hall–Kier alpha value is -0.850. The number of hydrogen-bond acceptors (Lipinski definition) is 4. The molecule has 0 spiro atoms. The number of carbonyl (C=O) groups is 1. The predicted molar refractivity (Wildman–Crippen MR) is 111 cm³/mol. The molecule has 1 heterocycles. The molecular formula is C19H33Cl2N3O2. The molecule has 0 aromatic heterocycles. The van der Waals surface area contributed by atoms with Gasteiger partial charge in [0.05, 0.1) is 12.1 Å². The summed E-state index contributed by atoms with van der Waals surface area (Å²) < 4.78 is 5.34. The van der Waals surface area contributed by atoms with E-state index in [9.17, 15) is 4.79 Å². The monoisotopic (exact) mass is 405 g/mol. The van der Waals surface area contributed by atoms with Crippen LogP contribution in [0.25, 0.3) is 0 Å². The van der Waals surface area contributed by atoms with Crippen molar-refractivity contribution in [1.29, 1.82) is 0 Å². The number of hydrogen-bond donors (Lipinski definition) is 2. The van der Waals surface area contributed by atoms with Crippen molar-refractivity contribution in [3.8, 4) is 0 Å². The molecule has 1 aromatic rings. The highest BCUT2D eigenvalue weighted by atomic mass is 35.5. The highest BCUT2D eigenvalue weighted by Gasteiger charge is 2.27. The maximum absolute atomic E-state index is 12.4. The molecule has 26 heavy (non-hydrogen) atoms. The summed E-state index contributed by atoms with van der Waals surface area (Å²) in [5, 5.41) is 3.04. The van der Waals surface area contributed by atoms with Gasteiger partial charge in [-0.2, -0.15) is 0 Å². The van der Waals surface area contributed by atoms with E-state index in [2.05, 4.69) is 41.4 Å². The zero-order valence-corrected chi connectivity index (χ0v) is 17.6. The number of aryl methyl sites for hydroxylation is 1. The van der Waals surface area contributed by atoms with Gasteiger partial charge in [-0.15, -0.1) is 24.8 Å². The fraction of sp³-hybridized carbons (Fsp3) is 0.632. The van der Waals surface area contributed by atoms with Crippen LogP contribution in [0.2, 0.25) is 0 Å². The first-order valence-corrected chi connectivity index (χ1v) is 8.89. The largest absolute Gasteiger partial charge is 0.381 e. The van der Waals surface area contributed by atoms with Crippen molar-refractivity contribution in [3.05, 3.63) is 35.4 Å². The van der Waals surface area contributed by atoms with Crippen molar-refractivity contribution >= 4 is 30.7 Å². The fourth-order valence-corrected chi connectivity index (χ4v) is 3.18. The van der Waals surface area contributed by atoms with Gasteiger partial charge in [0, 0.05) is 19.8 Å². The third kappa shape index (κ3) is 7.05. The van der Waals surface area contributed by atoms with Crippen LogP contribution < -0.4 is 11.1 Å². The third-order valence-corrected chi connectivity index (χ3v) is 4.94. The van der Waals surface area contributed by atoms with Gasteiger partial charge in [0.2, 0.25) is 5.91 Å². The zero-order chi connectivity index (χ0) is 17.5. The molecule has 1 aliphatic rings. The number of rotatable bonds is 7. The summed E-state index contributed by atoms with van der Waals surface area (Å²) in [5.41, 5.74) is 8.68. The molecule has 150 valence electrons. The molecule has 1 aliphatic heterocycles. The van der Waals surface area contributed by atoms with Gasteiger partial charge in [0.1, 0.15) is 0 Å². The van der Waals surface area contributed by atoms with Gasteiger partial charge in [-0.25, -0.2) is 0 Å². The van der Waals surface area contributed by atoms with E-state index in [4.69, 9.17) is 10.5 Å². The Morgan fingerprint density at radius 1 is 1.23 bits per heavy atom. The Bertz CT molecular complexity index is 520. The van der Waals surface area contributed by atoms with Crippen LogP contribution in [0.15, 0.2) is 24.3 Å². The molecule has 2 atom stereocenters. The molecular weight excluding hydrogens is 373 g/mol. The Balaban J connectivity index is 0.00000312. The Kier molecular flexibility index (Phi) is 12.1. The number of nitrogens with one attached hydrogen (secondary N) is 1. The van der Waals surface area contributed by atoms with Crippen LogP contribution in [-0.4, -0.2) is 50.7 Å². The Morgan fingerprint density at radius 3 is 2.31 bits per heavy atom. The third-order valence-electron chi connectivity index (χ3n) is 4.94. The second kappa shape index (κ2) is 12.5. The highest BCUT2D eigenvalue weighted by molar-refractivity contribution is 5.85. The first-order chi connectivity index (χ1) is 11.5. The van der Waals surface area contributed by atoms with E-state index < -0.39 is 6.04 Å². The first kappa shape index (κ1) is 25.1. The van der Waals surface area contributed by atoms with E-state index in [0.29, 0.717) is 19.8 Å². The van der Waals surface area contributed by atoms with Crippen LogP contribution in [0.4, 0.5) is 0 Å². The van der Waals surface area contributed by atoms with Crippen LogP contribution in [0.3, 0.4) is 0 Å². The van der Waals surface area contributed by atoms with E-state index in [1.807, 2.05) is 14.1 Å². The fourth-order valence-electron chi connectivity index (χ4n) is 3.18. The van der Waals surface area contributed by atoms with Crippen molar-refractivity contribution in [2.75, 3.05) is 33.9 Å². The standard InChI is InChI=1S/C19H31N3O2.2ClH/c1-4-14-5-7-15(8-6-14)17(22(2)3)13-21-19(23)18(20)16-9-11-24-12-10-16;;/h5-8,16-18H,4,9-13,20H2,1-3H3,(H,21,23);2*1H. The molecule has 2 rings (SSSR count). The van der Waals surface area contributed by atoms with Crippen LogP contribution >= 0.6 is 24.8 Å². The van der Waals surface area contributed by atoms with Crippen LogP contribution in [0.1, 0.15) is 36.9 Å². The summed E-state index contributed by atoms with van der Waals surface area (Å²) >= 11 is 0. The van der Waals surface area contributed by atoms with Crippen molar-refractivity contribution in [2.24, 2.45) is 11.7 Å². The van der Waals surface area contributed by atoms with Gasteiger partial charge in [-0.05, 0) is 50.4 Å². The quantitative estimate of drug-likeness (QED) is 0.731. The number of benzene rings is 1. The van der Waals surface area contributed by atoms with Crippen molar-refractivity contribution < 1.29 is 9.53 Å². The molecule has 0 radical (unpaired) electrons. The molecule has 1 saturated heterocycles. The lowest BCUT2D eigenvalue weighted by Crippen LogP contribution is -2.48. The SMILES string of the molecule is CCc1ccc(C(CNC(=O)C(N)C2CCOCC2)N(C)C)cc1.Cl.Cl. The summed E-state index contributed by atoms with van der Waals surface area (Å²) in [6.07, 6.45) is 2.76. The van der Waals surface area contributed by atoms with E-state index >= 15 is 0 Å². The minimum atomic E-state index is -0.445. The summed E-state index contributed by atoms with van der Waals surface area (Å²) in [7, 11) is 4.06. The number of nitrogens with zero attached hydrogens (tertiary/aromatic N) is 1. The molecule has 5 nitrogen and oxygen atoms in total. The van der Waals surface area contributed by atoms with E-state index in [-0.39, 0.29) is 42.7 Å². The predicted octanol–water partition coefficient (Wildman–Crippen LogP) is 2.57. The maximum Gasteiger partial charge on any atom is 0.237 e. The normalized spacial score (nSPS) is 17.0. The molecule has 0 bridgehead atoms. The van der Waals surface area contributed by atoms with Crippen molar-refractivity contribution in [1.82, 2.24) is 10.2 Å². The van der Waals surface area contributed by atoms with Gasteiger partial charge in [0.25, 0.3) is 0 Å². The maximum atomic E-state index is 12.4. The number of amides is 1. The average Bonchev–Trinajstić information content (AvgIpc) is 2.62. The zero-order valence-electron chi connectivity index (χ0n) is 15.9. The number of nitrogens with two attached hydrogens (primary N) is 1. The topological polar surface area (TPSA) is 67.6 Å². The molecule has 1 fully saturated rings. The lowest BCUT2D eigenvalue weighted by atomic mass is 9.92. The van der Waals surface area contributed by atoms with Gasteiger partial charge in [-0.1, -0.05) is 31.2 Å². The van der Waals surface area contributed by atoms with Gasteiger partial charge in [0.15, 0.2) is 0 Å². The lowest BCUT2D eigenvalue weighted by Gasteiger charge is -2.29. The molecule has 3 N–H and O–H groups in total. The molecule has 0 saturated carbocycles. The van der Waals surface area contributed by atoms with Gasteiger partial charge >= 0.3 is 0 Å². The van der Waals surface area contributed by atoms with Crippen LogP contribution in [0, 0.1) is 5.92 Å². The lowest BCUT2D eigenvalue weighted by molar-refractivity contribution is -0.124. The summed E-state index contributed by atoms with van der Waals surface area (Å²) in [6.45, 7) is 4.12. The Labute approximate surface area is 169 Å². The number of halogens is 2. The molecule has 1 aromatic carbocycles. The Morgan fingerprint density at radius 2 is 1.81 bits per heavy atom. The van der Waals surface area contributed by atoms with Crippen LogP contribution in [0.5, 0.6) is 0 Å². The van der Waals surface area contributed by atoms with Gasteiger partial charge in [-0.3, -0.25) is 4.79 Å². The average molecular weight is 406 g/mol. The van der Waals surface area contributed by atoms with Gasteiger partial charge < -0.3 is 20.7 Å². The number of ether oxygens (including phenoxy) is 1. The summed E-state index contributed by atoms with van der Waals surface area (Å²) in [6, 6.07) is 8.30. The van der Waals surface area contributed by atoms with E-state index in [0.717, 1.165) is 19.3 Å². The summed E-state index contributed by atoms with van der Waals surface area (Å²) in [5.74, 6) is 0.166.